The summed E-state index contributed by atoms with van der Waals surface area (Å²) in [5.74, 6) is -0.245. The monoisotopic (exact) mass is 370 g/mol. The molecule has 7 heteroatoms. The average molecular weight is 370 g/mol. The number of carbonyl (C=O) groups excluding carboxylic acids is 2. The van der Waals surface area contributed by atoms with Gasteiger partial charge in [-0.25, -0.2) is 9.07 Å². The predicted molar refractivity (Wildman–Crippen MR) is 97.8 cm³/mol. The van der Waals surface area contributed by atoms with Crippen molar-refractivity contribution >= 4 is 11.8 Å². The Morgan fingerprint density at radius 3 is 2.89 bits per heavy atom. The summed E-state index contributed by atoms with van der Waals surface area (Å²) in [4.78, 5) is 25.8. The molecule has 0 spiro atoms. The van der Waals surface area contributed by atoms with Crippen LogP contribution in [0.15, 0.2) is 30.5 Å². The number of carbonyl (C=O) groups is 2. The lowest BCUT2D eigenvalue weighted by atomic mass is 9.92. The summed E-state index contributed by atoms with van der Waals surface area (Å²) in [6.07, 6.45) is 6.05. The lowest BCUT2D eigenvalue weighted by Gasteiger charge is -2.25. The number of likely N-dealkylation sites (tertiary alicyclic amines) is 1. The molecular weight excluding hydrogens is 347 g/mol. The minimum atomic E-state index is -0.315. The number of para-hydroxylation sites is 1. The van der Waals surface area contributed by atoms with Crippen molar-refractivity contribution in [3.05, 3.63) is 47.5 Å². The van der Waals surface area contributed by atoms with E-state index >= 15 is 0 Å². The Kier molecular flexibility index (Phi) is 4.92. The molecule has 2 amide bonds. The SMILES string of the molecule is O=C(CCN1CCCC1=O)NC1CCCc2c1cnn2-c1ccccc1F. The summed E-state index contributed by atoms with van der Waals surface area (Å²) in [7, 11) is 0. The van der Waals surface area contributed by atoms with Gasteiger partial charge in [0.2, 0.25) is 11.8 Å². The Labute approximate surface area is 157 Å². The lowest BCUT2D eigenvalue weighted by molar-refractivity contribution is -0.128. The van der Waals surface area contributed by atoms with Crippen molar-refractivity contribution < 1.29 is 14.0 Å². The van der Waals surface area contributed by atoms with Crippen LogP contribution in [0.25, 0.3) is 5.69 Å². The molecule has 142 valence electrons. The molecule has 1 fully saturated rings. The maximum atomic E-state index is 14.1. The van der Waals surface area contributed by atoms with Gasteiger partial charge in [0.25, 0.3) is 0 Å². The number of aromatic nitrogens is 2. The molecule has 1 saturated heterocycles. The van der Waals surface area contributed by atoms with E-state index in [0.717, 1.165) is 43.5 Å². The number of hydrogen-bond donors (Lipinski definition) is 1. The quantitative estimate of drug-likeness (QED) is 0.879. The second-order valence-corrected chi connectivity index (χ2v) is 7.16. The van der Waals surface area contributed by atoms with Crippen molar-refractivity contribution in [1.29, 1.82) is 0 Å². The molecular formula is C20H23FN4O2. The van der Waals surface area contributed by atoms with Gasteiger partial charge >= 0.3 is 0 Å². The molecule has 1 aromatic heterocycles. The topological polar surface area (TPSA) is 67.2 Å². The average Bonchev–Trinajstić information content (AvgIpc) is 3.27. The Hall–Kier alpha value is -2.70. The van der Waals surface area contributed by atoms with Gasteiger partial charge < -0.3 is 10.2 Å². The maximum Gasteiger partial charge on any atom is 0.222 e. The van der Waals surface area contributed by atoms with Crippen LogP contribution in [-0.2, 0) is 16.0 Å². The standard InChI is InChI=1S/C20H23FN4O2/c21-15-5-1-2-7-18(15)25-17-8-3-6-16(14(17)13-22-25)23-19(26)10-12-24-11-4-9-20(24)27/h1-2,5,7,13,16H,3-4,6,8-12H2,(H,23,26). The molecule has 1 aliphatic heterocycles. The van der Waals surface area contributed by atoms with E-state index in [1.54, 1.807) is 34.0 Å². The number of amides is 2. The van der Waals surface area contributed by atoms with Gasteiger partial charge in [0.15, 0.2) is 0 Å². The highest BCUT2D eigenvalue weighted by atomic mass is 19.1. The van der Waals surface area contributed by atoms with E-state index in [2.05, 4.69) is 10.4 Å². The third-order valence-corrected chi connectivity index (χ3v) is 5.38. The third kappa shape index (κ3) is 3.59. The number of hydrogen-bond acceptors (Lipinski definition) is 3. The van der Waals surface area contributed by atoms with Gasteiger partial charge in [-0.15, -0.1) is 0 Å². The molecule has 6 nitrogen and oxygen atoms in total. The predicted octanol–water partition coefficient (Wildman–Crippen LogP) is 2.52. The van der Waals surface area contributed by atoms with Gasteiger partial charge in [0.1, 0.15) is 11.5 Å². The van der Waals surface area contributed by atoms with Gasteiger partial charge in [-0.2, -0.15) is 5.10 Å². The fourth-order valence-electron chi connectivity index (χ4n) is 3.98. The van der Waals surface area contributed by atoms with Crippen LogP contribution < -0.4 is 5.32 Å². The first-order valence-electron chi connectivity index (χ1n) is 9.52. The van der Waals surface area contributed by atoms with Gasteiger partial charge in [-0.3, -0.25) is 9.59 Å². The number of benzene rings is 1. The smallest absolute Gasteiger partial charge is 0.222 e. The Morgan fingerprint density at radius 1 is 1.26 bits per heavy atom. The minimum Gasteiger partial charge on any atom is -0.349 e. The molecule has 2 aromatic rings. The summed E-state index contributed by atoms with van der Waals surface area (Å²) in [5, 5.41) is 7.45. The fourth-order valence-corrected chi connectivity index (χ4v) is 3.98. The van der Waals surface area contributed by atoms with Crippen molar-refractivity contribution in [1.82, 2.24) is 20.0 Å². The van der Waals surface area contributed by atoms with Crippen molar-refractivity contribution in [2.75, 3.05) is 13.1 Å². The molecule has 1 aromatic carbocycles. The van der Waals surface area contributed by atoms with E-state index in [1.165, 1.54) is 6.07 Å². The van der Waals surface area contributed by atoms with Crippen LogP contribution in [0.1, 0.15) is 49.4 Å². The van der Waals surface area contributed by atoms with Gasteiger partial charge in [0.05, 0.1) is 12.2 Å². The third-order valence-electron chi connectivity index (χ3n) is 5.38. The van der Waals surface area contributed by atoms with E-state index in [4.69, 9.17) is 0 Å². The van der Waals surface area contributed by atoms with Crippen LogP contribution in [-0.4, -0.2) is 39.6 Å². The lowest BCUT2D eigenvalue weighted by Crippen LogP contribution is -2.34. The van der Waals surface area contributed by atoms with Crippen LogP contribution in [0.3, 0.4) is 0 Å². The van der Waals surface area contributed by atoms with E-state index in [1.807, 2.05) is 0 Å². The van der Waals surface area contributed by atoms with Crippen molar-refractivity contribution in [3.63, 3.8) is 0 Å². The second-order valence-electron chi connectivity index (χ2n) is 7.16. The molecule has 1 N–H and O–H groups in total. The van der Waals surface area contributed by atoms with Crippen LogP contribution in [0, 0.1) is 5.82 Å². The number of rotatable bonds is 5. The molecule has 27 heavy (non-hydrogen) atoms. The Balaban J connectivity index is 1.45. The number of nitrogens with one attached hydrogen (secondary N) is 1. The summed E-state index contributed by atoms with van der Waals surface area (Å²) in [6.45, 7) is 1.22. The zero-order valence-electron chi connectivity index (χ0n) is 15.2. The molecule has 0 radical (unpaired) electrons. The van der Waals surface area contributed by atoms with Gasteiger partial charge in [-0.05, 0) is 37.8 Å². The molecule has 0 saturated carbocycles. The van der Waals surface area contributed by atoms with Crippen molar-refractivity contribution in [2.24, 2.45) is 0 Å². The molecule has 1 aliphatic carbocycles. The minimum absolute atomic E-state index is 0.0637. The fraction of sp³-hybridized carbons (Fsp3) is 0.450. The van der Waals surface area contributed by atoms with Crippen LogP contribution in [0.5, 0.6) is 0 Å². The zero-order valence-corrected chi connectivity index (χ0v) is 15.2. The molecule has 2 heterocycles. The van der Waals surface area contributed by atoms with Crippen molar-refractivity contribution in [3.8, 4) is 5.69 Å². The van der Waals surface area contributed by atoms with E-state index in [9.17, 15) is 14.0 Å². The summed E-state index contributed by atoms with van der Waals surface area (Å²) in [5.41, 5.74) is 2.33. The molecule has 1 unspecified atom stereocenters. The van der Waals surface area contributed by atoms with Gasteiger partial charge in [-0.1, -0.05) is 12.1 Å². The normalized spacial score (nSPS) is 19.2. The summed E-state index contributed by atoms with van der Waals surface area (Å²) < 4.78 is 15.8. The molecule has 0 bridgehead atoms. The number of halogens is 1. The van der Waals surface area contributed by atoms with E-state index < -0.39 is 0 Å². The first-order chi connectivity index (χ1) is 13.1. The van der Waals surface area contributed by atoms with Gasteiger partial charge in [0, 0.05) is 37.2 Å². The van der Waals surface area contributed by atoms with Crippen LogP contribution in [0.4, 0.5) is 4.39 Å². The zero-order chi connectivity index (χ0) is 18.8. The molecule has 2 aliphatic rings. The molecule has 4 rings (SSSR count). The first-order valence-corrected chi connectivity index (χ1v) is 9.52. The second kappa shape index (κ2) is 7.50. The molecule has 1 atom stereocenters. The highest BCUT2D eigenvalue weighted by Crippen LogP contribution is 2.31. The Bertz CT molecular complexity index is 863. The summed E-state index contributed by atoms with van der Waals surface area (Å²) in [6, 6.07) is 6.45. The first kappa shape index (κ1) is 17.7. The maximum absolute atomic E-state index is 14.1. The highest BCUT2D eigenvalue weighted by molar-refractivity contribution is 5.80. The summed E-state index contributed by atoms with van der Waals surface area (Å²) >= 11 is 0. The number of fused-ring (bicyclic) bond motifs is 1. The van der Waals surface area contributed by atoms with E-state index in [-0.39, 0.29) is 23.7 Å². The largest absolute Gasteiger partial charge is 0.349 e. The van der Waals surface area contributed by atoms with Crippen molar-refractivity contribution in [2.45, 2.75) is 44.6 Å². The highest BCUT2D eigenvalue weighted by Gasteiger charge is 2.27. The van der Waals surface area contributed by atoms with Crippen LogP contribution in [0.2, 0.25) is 0 Å². The Morgan fingerprint density at radius 2 is 2.11 bits per heavy atom. The van der Waals surface area contributed by atoms with E-state index in [0.29, 0.717) is 25.1 Å². The number of nitrogens with zero attached hydrogens (tertiary/aromatic N) is 3. The van der Waals surface area contributed by atoms with Crippen LogP contribution >= 0.6 is 0 Å².